The highest BCUT2D eigenvalue weighted by Gasteiger charge is 2.30. The second kappa shape index (κ2) is 5.17. The van der Waals surface area contributed by atoms with E-state index in [1.54, 1.807) is 18.2 Å². The second-order valence-electron chi connectivity index (χ2n) is 5.99. The summed E-state index contributed by atoms with van der Waals surface area (Å²) < 4.78 is 52.2. The molecule has 2 rings (SSSR count). The van der Waals surface area contributed by atoms with Gasteiger partial charge in [0.15, 0.2) is 0 Å². The summed E-state index contributed by atoms with van der Waals surface area (Å²) in [6.45, 7) is 5.67. The fourth-order valence-corrected chi connectivity index (χ4v) is 2.17. The minimum absolute atomic E-state index is 0.316. The predicted octanol–water partition coefficient (Wildman–Crippen LogP) is 5.81. The van der Waals surface area contributed by atoms with Gasteiger partial charge in [0, 0.05) is 5.56 Å². The van der Waals surface area contributed by atoms with E-state index in [-0.39, 0.29) is 11.2 Å². The molecule has 2 aromatic carbocycles. The van der Waals surface area contributed by atoms with E-state index in [1.807, 2.05) is 20.8 Å². The van der Waals surface area contributed by atoms with Crippen molar-refractivity contribution in [2.24, 2.45) is 0 Å². The molecule has 0 saturated carbocycles. The molecule has 2 aromatic rings. The molecule has 0 bridgehead atoms. The van der Waals surface area contributed by atoms with Gasteiger partial charge in [-0.2, -0.15) is 13.2 Å². The number of benzene rings is 2. The smallest absolute Gasteiger partial charge is 0.206 e. The van der Waals surface area contributed by atoms with Crippen molar-refractivity contribution in [1.29, 1.82) is 0 Å². The van der Waals surface area contributed by atoms with Gasteiger partial charge in [-0.1, -0.05) is 51.1 Å². The minimum Gasteiger partial charge on any atom is -0.206 e. The molecule has 0 spiro atoms. The molecule has 0 aromatic heterocycles. The van der Waals surface area contributed by atoms with Crippen molar-refractivity contribution < 1.29 is 17.6 Å². The van der Waals surface area contributed by atoms with Crippen LogP contribution < -0.4 is 0 Å². The Morgan fingerprint density at radius 1 is 0.810 bits per heavy atom. The number of alkyl halides is 3. The highest BCUT2D eigenvalue weighted by atomic mass is 19.4. The fourth-order valence-electron chi connectivity index (χ4n) is 2.17. The van der Waals surface area contributed by atoms with Crippen LogP contribution in [0.1, 0.15) is 31.9 Å². The van der Waals surface area contributed by atoms with Crippen LogP contribution in [-0.4, -0.2) is 0 Å². The third kappa shape index (κ3) is 3.26. The van der Waals surface area contributed by atoms with Crippen LogP contribution in [0.15, 0.2) is 42.5 Å². The van der Waals surface area contributed by atoms with Gasteiger partial charge >= 0.3 is 6.18 Å². The van der Waals surface area contributed by atoms with Crippen molar-refractivity contribution >= 4 is 0 Å². The van der Waals surface area contributed by atoms with Crippen LogP contribution in [0.3, 0.4) is 0 Å². The van der Waals surface area contributed by atoms with Gasteiger partial charge in [-0.25, -0.2) is 4.39 Å². The second-order valence-corrected chi connectivity index (χ2v) is 5.99. The molecule has 112 valence electrons. The van der Waals surface area contributed by atoms with Crippen LogP contribution in [0.4, 0.5) is 17.6 Å². The Kier molecular flexibility index (Phi) is 3.83. The molecule has 0 aliphatic heterocycles. The Hall–Kier alpha value is -1.84. The first kappa shape index (κ1) is 15.5. The standard InChI is InChI=1S/C17H16F4/c1-16(2,3)14-6-4-5-13(15(14)18)11-7-9-12(10-8-11)17(19,20)21/h4-10H,1-3H3. The Bertz CT molecular complexity index is 631. The summed E-state index contributed by atoms with van der Waals surface area (Å²) in [7, 11) is 0. The molecule has 0 unspecified atom stereocenters. The SMILES string of the molecule is CC(C)(C)c1cccc(-c2ccc(C(F)(F)F)cc2)c1F. The number of hydrogen-bond acceptors (Lipinski definition) is 0. The molecule has 0 aliphatic rings. The van der Waals surface area contributed by atoms with E-state index in [1.165, 1.54) is 12.1 Å². The molecule has 0 amide bonds. The average Bonchev–Trinajstić information content (AvgIpc) is 2.37. The van der Waals surface area contributed by atoms with E-state index in [0.29, 0.717) is 16.7 Å². The molecule has 0 nitrogen and oxygen atoms in total. The lowest BCUT2D eigenvalue weighted by Gasteiger charge is -2.21. The van der Waals surface area contributed by atoms with Crippen molar-refractivity contribution in [2.45, 2.75) is 32.4 Å². The Labute approximate surface area is 121 Å². The highest BCUT2D eigenvalue weighted by molar-refractivity contribution is 5.66. The molecule has 0 N–H and O–H groups in total. The molecule has 21 heavy (non-hydrogen) atoms. The van der Waals surface area contributed by atoms with Crippen molar-refractivity contribution in [3.05, 3.63) is 59.4 Å². The van der Waals surface area contributed by atoms with E-state index in [4.69, 9.17) is 0 Å². The third-order valence-electron chi connectivity index (χ3n) is 3.33. The highest BCUT2D eigenvalue weighted by Crippen LogP contribution is 2.34. The summed E-state index contributed by atoms with van der Waals surface area (Å²) in [5.41, 5.74) is 0.188. The van der Waals surface area contributed by atoms with Crippen LogP contribution in [-0.2, 0) is 11.6 Å². The van der Waals surface area contributed by atoms with Crippen molar-refractivity contribution in [3.63, 3.8) is 0 Å². The minimum atomic E-state index is -4.38. The zero-order chi connectivity index (χ0) is 15.8. The Morgan fingerprint density at radius 3 is 1.86 bits per heavy atom. The summed E-state index contributed by atoms with van der Waals surface area (Å²) in [5.74, 6) is -0.384. The van der Waals surface area contributed by atoms with Gasteiger partial charge in [-0.3, -0.25) is 0 Å². The maximum absolute atomic E-state index is 14.6. The summed E-state index contributed by atoms with van der Waals surface area (Å²) >= 11 is 0. The van der Waals surface area contributed by atoms with Gasteiger partial charge in [-0.15, -0.1) is 0 Å². The molecule has 0 radical (unpaired) electrons. The molecular formula is C17H16F4. The van der Waals surface area contributed by atoms with Crippen molar-refractivity contribution in [1.82, 2.24) is 0 Å². The van der Waals surface area contributed by atoms with E-state index >= 15 is 0 Å². The maximum Gasteiger partial charge on any atom is 0.416 e. The Balaban J connectivity index is 2.48. The van der Waals surface area contributed by atoms with E-state index in [0.717, 1.165) is 12.1 Å². The van der Waals surface area contributed by atoms with Crippen LogP contribution in [0, 0.1) is 5.82 Å². The monoisotopic (exact) mass is 296 g/mol. The summed E-state index contributed by atoms with van der Waals surface area (Å²) in [6.07, 6.45) is -4.38. The first-order chi connectivity index (χ1) is 9.60. The largest absolute Gasteiger partial charge is 0.416 e. The predicted molar refractivity (Wildman–Crippen MR) is 75.5 cm³/mol. The molecule has 0 heterocycles. The first-order valence-corrected chi connectivity index (χ1v) is 6.57. The van der Waals surface area contributed by atoms with Gasteiger partial charge in [-0.05, 0) is 28.7 Å². The molecular weight excluding hydrogens is 280 g/mol. The zero-order valence-corrected chi connectivity index (χ0v) is 12.1. The van der Waals surface area contributed by atoms with Crippen molar-refractivity contribution in [2.75, 3.05) is 0 Å². The maximum atomic E-state index is 14.6. The van der Waals surface area contributed by atoms with Crippen LogP contribution in [0.5, 0.6) is 0 Å². The molecule has 0 aliphatic carbocycles. The number of halogens is 4. The lowest BCUT2D eigenvalue weighted by atomic mass is 9.84. The van der Waals surface area contributed by atoms with E-state index < -0.39 is 11.7 Å². The molecule has 0 saturated heterocycles. The van der Waals surface area contributed by atoms with Gasteiger partial charge in [0.05, 0.1) is 5.56 Å². The number of hydrogen-bond donors (Lipinski definition) is 0. The normalized spacial score (nSPS) is 12.5. The van der Waals surface area contributed by atoms with Gasteiger partial charge in [0.1, 0.15) is 5.82 Å². The topological polar surface area (TPSA) is 0 Å². The third-order valence-corrected chi connectivity index (χ3v) is 3.33. The molecule has 0 atom stereocenters. The van der Waals surface area contributed by atoms with Crippen LogP contribution in [0.2, 0.25) is 0 Å². The average molecular weight is 296 g/mol. The van der Waals surface area contributed by atoms with E-state index in [2.05, 4.69) is 0 Å². The van der Waals surface area contributed by atoms with Crippen molar-refractivity contribution in [3.8, 4) is 11.1 Å². The summed E-state index contributed by atoms with van der Waals surface area (Å²) in [5, 5.41) is 0. The van der Waals surface area contributed by atoms with Gasteiger partial charge < -0.3 is 0 Å². The summed E-state index contributed by atoms with van der Waals surface area (Å²) in [4.78, 5) is 0. The lowest BCUT2D eigenvalue weighted by molar-refractivity contribution is -0.137. The lowest BCUT2D eigenvalue weighted by Crippen LogP contribution is -2.14. The zero-order valence-electron chi connectivity index (χ0n) is 12.1. The summed E-state index contributed by atoms with van der Waals surface area (Å²) in [6, 6.07) is 9.53. The quantitative estimate of drug-likeness (QED) is 0.583. The first-order valence-electron chi connectivity index (χ1n) is 6.57. The molecule has 4 heteroatoms. The Morgan fingerprint density at radius 2 is 1.38 bits per heavy atom. The van der Waals surface area contributed by atoms with Crippen LogP contribution in [0.25, 0.3) is 11.1 Å². The van der Waals surface area contributed by atoms with Gasteiger partial charge in [0.2, 0.25) is 0 Å². The van der Waals surface area contributed by atoms with E-state index in [9.17, 15) is 17.6 Å². The fraction of sp³-hybridized carbons (Fsp3) is 0.294. The molecule has 0 fully saturated rings. The number of rotatable bonds is 1. The van der Waals surface area contributed by atoms with Gasteiger partial charge in [0.25, 0.3) is 0 Å². The van der Waals surface area contributed by atoms with Crippen LogP contribution >= 0.6 is 0 Å².